The second kappa shape index (κ2) is 6.62. The molecule has 0 amide bonds. The van der Waals surface area contributed by atoms with Gasteiger partial charge in [0.1, 0.15) is 0 Å². The third-order valence-corrected chi connectivity index (χ3v) is 3.06. The van der Waals surface area contributed by atoms with Gasteiger partial charge in [-0.15, -0.1) is 0 Å². The first kappa shape index (κ1) is 12.2. The first-order valence-corrected chi connectivity index (χ1v) is 6.48. The SMILES string of the molecule is CCSCCNc1ccc(N(C)C)cc1. The van der Waals surface area contributed by atoms with Crippen LogP contribution in [0, 0.1) is 0 Å². The van der Waals surface area contributed by atoms with Gasteiger partial charge in [0.25, 0.3) is 0 Å². The van der Waals surface area contributed by atoms with Crippen LogP contribution < -0.4 is 10.2 Å². The minimum atomic E-state index is 1.04. The predicted octanol–water partition coefficient (Wildman–Crippen LogP) is 2.92. The Labute approximate surface area is 97.1 Å². The Bertz CT molecular complexity index is 269. The fourth-order valence-electron chi connectivity index (χ4n) is 1.29. The van der Waals surface area contributed by atoms with Crippen molar-refractivity contribution in [2.24, 2.45) is 0 Å². The molecule has 0 aromatic heterocycles. The van der Waals surface area contributed by atoms with Gasteiger partial charge < -0.3 is 10.2 Å². The fourth-order valence-corrected chi connectivity index (χ4v) is 1.82. The summed E-state index contributed by atoms with van der Waals surface area (Å²) in [5.41, 5.74) is 2.45. The highest BCUT2D eigenvalue weighted by Gasteiger charge is 1.95. The van der Waals surface area contributed by atoms with Crippen LogP contribution >= 0.6 is 11.8 Å². The molecule has 0 atom stereocenters. The second-order valence-corrected chi connectivity index (χ2v) is 4.96. The average molecular weight is 224 g/mol. The van der Waals surface area contributed by atoms with Crippen molar-refractivity contribution in [1.82, 2.24) is 0 Å². The molecule has 0 aliphatic heterocycles. The van der Waals surface area contributed by atoms with Crippen LogP contribution in [0.1, 0.15) is 6.92 Å². The summed E-state index contributed by atoms with van der Waals surface area (Å²) < 4.78 is 0. The van der Waals surface area contributed by atoms with Crippen molar-refractivity contribution in [2.75, 3.05) is 42.4 Å². The molecular formula is C12H20N2S. The van der Waals surface area contributed by atoms with Crippen LogP contribution in [0.15, 0.2) is 24.3 Å². The Morgan fingerprint density at radius 3 is 2.40 bits per heavy atom. The van der Waals surface area contributed by atoms with Crippen molar-refractivity contribution in [2.45, 2.75) is 6.92 Å². The lowest BCUT2D eigenvalue weighted by molar-refractivity contribution is 1.13. The van der Waals surface area contributed by atoms with E-state index in [4.69, 9.17) is 0 Å². The molecule has 0 radical (unpaired) electrons. The molecule has 0 bridgehead atoms. The Balaban J connectivity index is 2.36. The summed E-state index contributed by atoms with van der Waals surface area (Å²) in [5.74, 6) is 2.37. The minimum absolute atomic E-state index is 1.04. The van der Waals surface area contributed by atoms with Crippen LogP contribution in [0.2, 0.25) is 0 Å². The number of benzene rings is 1. The van der Waals surface area contributed by atoms with Crippen LogP contribution in [0.3, 0.4) is 0 Å². The normalized spacial score (nSPS) is 10.1. The first-order chi connectivity index (χ1) is 7.24. The highest BCUT2D eigenvalue weighted by molar-refractivity contribution is 7.99. The molecule has 0 unspecified atom stereocenters. The molecule has 0 saturated heterocycles. The van der Waals surface area contributed by atoms with Gasteiger partial charge in [-0.3, -0.25) is 0 Å². The molecule has 1 N–H and O–H groups in total. The maximum Gasteiger partial charge on any atom is 0.0362 e. The molecule has 0 saturated carbocycles. The van der Waals surface area contributed by atoms with E-state index in [0.717, 1.165) is 6.54 Å². The lowest BCUT2D eigenvalue weighted by atomic mass is 10.2. The second-order valence-electron chi connectivity index (χ2n) is 3.57. The Hall–Kier alpha value is -0.830. The van der Waals surface area contributed by atoms with Crippen molar-refractivity contribution in [3.63, 3.8) is 0 Å². The van der Waals surface area contributed by atoms with Crippen molar-refractivity contribution in [3.8, 4) is 0 Å². The molecule has 2 nitrogen and oxygen atoms in total. The van der Waals surface area contributed by atoms with Crippen molar-refractivity contribution in [1.29, 1.82) is 0 Å². The summed E-state index contributed by atoms with van der Waals surface area (Å²) in [6, 6.07) is 8.53. The molecule has 1 aromatic carbocycles. The number of thioether (sulfide) groups is 1. The summed E-state index contributed by atoms with van der Waals surface area (Å²) in [6.07, 6.45) is 0. The number of nitrogens with zero attached hydrogens (tertiary/aromatic N) is 1. The first-order valence-electron chi connectivity index (χ1n) is 5.33. The monoisotopic (exact) mass is 224 g/mol. The maximum atomic E-state index is 3.41. The van der Waals surface area contributed by atoms with E-state index in [1.54, 1.807) is 0 Å². The highest BCUT2D eigenvalue weighted by Crippen LogP contribution is 2.15. The van der Waals surface area contributed by atoms with Crippen molar-refractivity contribution < 1.29 is 0 Å². The molecule has 3 heteroatoms. The number of hydrogen-bond acceptors (Lipinski definition) is 3. The molecule has 84 valence electrons. The zero-order valence-corrected chi connectivity index (χ0v) is 10.6. The van der Waals surface area contributed by atoms with E-state index >= 15 is 0 Å². The van der Waals surface area contributed by atoms with E-state index in [1.807, 2.05) is 11.8 Å². The van der Waals surface area contributed by atoms with E-state index in [2.05, 4.69) is 55.5 Å². The Morgan fingerprint density at radius 2 is 1.87 bits per heavy atom. The van der Waals surface area contributed by atoms with Gasteiger partial charge in [0.15, 0.2) is 0 Å². The van der Waals surface area contributed by atoms with Crippen LogP contribution in [0.5, 0.6) is 0 Å². The van der Waals surface area contributed by atoms with E-state index < -0.39 is 0 Å². The van der Waals surface area contributed by atoms with Crippen molar-refractivity contribution >= 4 is 23.1 Å². The average Bonchev–Trinajstić information content (AvgIpc) is 2.25. The molecule has 0 heterocycles. The van der Waals surface area contributed by atoms with Gasteiger partial charge in [-0.25, -0.2) is 0 Å². The van der Waals surface area contributed by atoms with Crippen LogP contribution in [0.4, 0.5) is 11.4 Å². The van der Waals surface area contributed by atoms with E-state index in [0.29, 0.717) is 0 Å². The molecule has 0 spiro atoms. The Kier molecular flexibility index (Phi) is 5.40. The predicted molar refractivity (Wildman–Crippen MR) is 72.3 cm³/mol. The van der Waals surface area contributed by atoms with E-state index in [9.17, 15) is 0 Å². The zero-order chi connectivity index (χ0) is 11.1. The molecule has 1 rings (SSSR count). The standard InChI is InChI=1S/C12H20N2S/c1-4-15-10-9-13-11-5-7-12(8-6-11)14(2)3/h5-8,13H,4,9-10H2,1-3H3. The molecule has 0 fully saturated rings. The summed E-state index contributed by atoms with van der Waals surface area (Å²) in [6.45, 7) is 3.23. The third kappa shape index (κ3) is 4.47. The van der Waals surface area contributed by atoms with Gasteiger partial charge in [0.2, 0.25) is 0 Å². The molecule has 1 aromatic rings. The van der Waals surface area contributed by atoms with Gasteiger partial charge in [-0.1, -0.05) is 6.92 Å². The van der Waals surface area contributed by atoms with Gasteiger partial charge in [0, 0.05) is 37.8 Å². The number of anilines is 2. The van der Waals surface area contributed by atoms with Crippen LogP contribution in [0.25, 0.3) is 0 Å². The van der Waals surface area contributed by atoms with E-state index in [-0.39, 0.29) is 0 Å². The summed E-state index contributed by atoms with van der Waals surface area (Å²) >= 11 is 1.96. The van der Waals surface area contributed by atoms with Crippen LogP contribution in [-0.2, 0) is 0 Å². The number of rotatable bonds is 6. The van der Waals surface area contributed by atoms with Gasteiger partial charge in [-0.2, -0.15) is 11.8 Å². The minimum Gasteiger partial charge on any atom is -0.384 e. The lowest BCUT2D eigenvalue weighted by Gasteiger charge is -2.13. The van der Waals surface area contributed by atoms with Gasteiger partial charge in [-0.05, 0) is 30.0 Å². The Morgan fingerprint density at radius 1 is 1.20 bits per heavy atom. The largest absolute Gasteiger partial charge is 0.384 e. The molecule has 0 aliphatic carbocycles. The maximum absolute atomic E-state index is 3.41. The van der Waals surface area contributed by atoms with Gasteiger partial charge in [0.05, 0.1) is 0 Å². The summed E-state index contributed by atoms with van der Waals surface area (Å²) in [7, 11) is 4.11. The van der Waals surface area contributed by atoms with E-state index in [1.165, 1.54) is 22.9 Å². The summed E-state index contributed by atoms with van der Waals surface area (Å²) in [4.78, 5) is 2.11. The topological polar surface area (TPSA) is 15.3 Å². The number of hydrogen-bond donors (Lipinski definition) is 1. The smallest absolute Gasteiger partial charge is 0.0362 e. The summed E-state index contributed by atoms with van der Waals surface area (Å²) in [5, 5.41) is 3.41. The van der Waals surface area contributed by atoms with Crippen LogP contribution in [-0.4, -0.2) is 32.1 Å². The van der Waals surface area contributed by atoms with Crippen molar-refractivity contribution in [3.05, 3.63) is 24.3 Å². The molecular weight excluding hydrogens is 204 g/mol. The zero-order valence-electron chi connectivity index (χ0n) is 9.79. The van der Waals surface area contributed by atoms with Gasteiger partial charge >= 0.3 is 0 Å². The number of nitrogens with one attached hydrogen (secondary N) is 1. The third-order valence-electron chi connectivity index (χ3n) is 2.16. The molecule has 0 aliphatic rings. The highest BCUT2D eigenvalue weighted by atomic mass is 32.2. The molecule has 15 heavy (non-hydrogen) atoms. The quantitative estimate of drug-likeness (QED) is 0.748. The lowest BCUT2D eigenvalue weighted by Crippen LogP contribution is -2.09. The fraction of sp³-hybridized carbons (Fsp3) is 0.500.